The maximum absolute atomic E-state index is 13.6. The number of aromatic nitrogens is 1. The number of aryl methyl sites for hydroxylation is 1. The Bertz CT molecular complexity index is 1350. The topological polar surface area (TPSA) is 77.7 Å². The number of methoxy groups -OCH3 is 1. The van der Waals surface area contributed by atoms with Crippen LogP contribution in [0.4, 0.5) is 11.4 Å². The van der Waals surface area contributed by atoms with Crippen molar-refractivity contribution in [1.82, 2.24) is 9.88 Å². The maximum Gasteiger partial charge on any atom is 0.272 e. The smallest absolute Gasteiger partial charge is 0.272 e. The number of rotatable bonds is 5. The molecule has 0 saturated carbocycles. The van der Waals surface area contributed by atoms with Gasteiger partial charge in [-0.1, -0.05) is 35.9 Å². The minimum Gasteiger partial charge on any atom is -0.497 e. The number of fused-ring (bicyclic) bond motifs is 1. The van der Waals surface area contributed by atoms with E-state index in [1.807, 2.05) is 72.5 Å². The average Bonchev–Trinajstić information content (AvgIpc) is 3.27. The van der Waals surface area contributed by atoms with Crippen LogP contribution in [-0.4, -0.2) is 55.0 Å². The number of carbonyl (C=O) groups is 2. The van der Waals surface area contributed by atoms with Crippen LogP contribution in [0.15, 0.2) is 72.8 Å². The third-order valence-electron chi connectivity index (χ3n) is 6.48. The number of ether oxygens (including phenoxy) is 1. The second kappa shape index (κ2) is 9.54. The van der Waals surface area contributed by atoms with E-state index in [0.717, 1.165) is 41.0 Å². The molecule has 7 heteroatoms. The molecular formula is C28H28N4O3. The number of nitrogens with one attached hydrogen (secondary N) is 2. The number of amides is 2. The van der Waals surface area contributed by atoms with Gasteiger partial charge in [-0.15, -0.1) is 0 Å². The van der Waals surface area contributed by atoms with Crippen molar-refractivity contribution in [3.63, 3.8) is 0 Å². The largest absolute Gasteiger partial charge is 0.497 e. The molecule has 4 aromatic rings. The first-order valence-corrected chi connectivity index (χ1v) is 11.7. The molecule has 7 nitrogen and oxygen atoms in total. The second-order valence-corrected chi connectivity index (χ2v) is 8.72. The van der Waals surface area contributed by atoms with Gasteiger partial charge in [0.05, 0.1) is 12.8 Å². The number of anilines is 2. The zero-order chi connectivity index (χ0) is 24.4. The molecule has 0 unspecified atom stereocenters. The third kappa shape index (κ3) is 4.57. The van der Waals surface area contributed by atoms with E-state index >= 15 is 0 Å². The van der Waals surface area contributed by atoms with Crippen molar-refractivity contribution in [2.75, 3.05) is 43.5 Å². The maximum atomic E-state index is 13.6. The molecule has 2 amide bonds. The molecule has 1 aliphatic heterocycles. The molecule has 35 heavy (non-hydrogen) atoms. The van der Waals surface area contributed by atoms with Gasteiger partial charge in [-0.05, 0) is 49.4 Å². The van der Waals surface area contributed by atoms with Crippen LogP contribution >= 0.6 is 0 Å². The normalized spacial score (nSPS) is 13.7. The molecule has 0 spiro atoms. The molecule has 1 aliphatic rings. The van der Waals surface area contributed by atoms with E-state index in [-0.39, 0.29) is 11.8 Å². The number of carbonyl (C=O) groups excluding carboxylic acids is 2. The molecule has 0 atom stereocenters. The fourth-order valence-electron chi connectivity index (χ4n) is 4.44. The lowest BCUT2D eigenvalue weighted by atomic mass is 10.1. The average molecular weight is 469 g/mol. The zero-order valence-electron chi connectivity index (χ0n) is 19.9. The Kier molecular flexibility index (Phi) is 6.14. The SMILES string of the molecule is COc1ccc(N2CCN(C(=O)c3[nH]c4ccccc4c3NC(=O)c3ccc(C)cc3)CC2)cc1. The summed E-state index contributed by atoms with van der Waals surface area (Å²) < 4.78 is 5.25. The standard InChI is InChI=1S/C28H28N4O3/c1-19-7-9-20(10-8-19)27(33)30-25-23-5-3-4-6-24(23)29-26(25)28(34)32-17-15-31(16-18-32)21-11-13-22(35-2)14-12-21/h3-14,29H,15-18H2,1-2H3,(H,30,33). The first-order valence-electron chi connectivity index (χ1n) is 11.7. The molecule has 2 N–H and O–H groups in total. The third-order valence-corrected chi connectivity index (χ3v) is 6.48. The summed E-state index contributed by atoms with van der Waals surface area (Å²) in [6.45, 7) is 4.61. The van der Waals surface area contributed by atoms with Gasteiger partial charge in [0, 0.05) is 48.3 Å². The summed E-state index contributed by atoms with van der Waals surface area (Å²) in [7, 11) is 1.65. The first-order chi connectivity index (χ1) is 17.0. The van der Waals surface area contributed by atoms with Crippen LogP contribution in [0.25, 0.3) is 10.9 Å². The Morgan fingerprint density at radius 3 is 2.26 bits per heavy atom. The number of nitrogens with zero attached hydrogens (tertiary/aromatic N) is 2. The fourth-order valence-corrected chi connectivity index (χ4v) is 4.44. The van der Waals surface area contributed by atoms with Gasteiger partial charge in [-0.25, -0.2) is 0 Å². The van der Waals surface area contributed by atoms with Crippen molar-refractivity contribution in [2.24, 2.45) is 0 Å². The molecule has 1 saturated heterocycles. The van der Waals surface area contributed by atoms with Crippen molar-refractivity contribution < 1.29 is 14.3 Å². The number of hydrogen-bond acceptors (Lipinski definition) is 4. The molecule has 1 aromatic heterocycles. The van der Waals surface area contributed by atoms with Gasteiger partial charge >= 0.3 is 0 Å². The van der Waals surface area contributed by atoms with Gasteiger partial charge < -0.3 is 24.8 Å². The van der Waals surface area contributed by atoms with Crippen molar-refractivity contribution in [3.8, 4) is 5.75 Å². The Labute approximate surface area is 204 Å². The van der Waals surface area contributed by atoms with Gasteiger partial charge in [0.15, 0.2) is 0 Å². The lowest BCUT2D eigenvalue weighted by Gasteiger charge is -2.36. The summed E-state index contributed by atoms with van der Waals surface area (Å²) in [5, 5.41) is 3.81. The summed E-state index contributed by atoms with van der Waals surface area (Å²) in [6, 6.07) is 23.0. The number of aromatic amines is 1. The number of benzene rings is 3. The summed E-state index contributed by atoms with van der Waals surface area (Å²) in [5.74, 6) is 0.463. The van der Waals surface area contributed by atoms with E-state index in [1.165, 1.54) is 0 Å². The monoisotopic (exact) mass is 468 g/mol. The molecule has 0 aliphatic carbocycles. The van der Waals surface area contributed by atoms with Crippen LogP contribution in [0.3, 0.4) is 0 Å². The van der Waals surface area contributed by atoms with E-state index in [2.05, 4.69) is 15.2 Å². The molecular weight excluding hydrogens is 440 g/mol. The Morgan fingerprint density at radius 1 is 0.886 bits per heavy atom. The van der Waals surface area contributed by atoms with Gasteiger partial charge in [0.2, 0.25) is 0 Å². The van der Waals surface area contributed by atoms with Crippen LogP contribution in [-0.2, 0) is 0 Å². The van der Waals surface area contributed by atoms with E-state index in [9.17, 15) is 9.59 Å². The minimum atomic E-state index is -0.242. The molecule has 5 rings (SSSR count). The number of para-hydroxylation sites is 1. The number of hydrogen-bond donors (Lipinski definition) is 2. The van der Waals surface area contributed by atoms with Crippen molar-refractivity contribution >= 4 is 34.1 Å². The van der Waals surface area contributed by atoms with E-state index < -0.39 is 0 Å². The molecule has 0 radical (unpaired) electrons. The molecule has 1 fully saturated rings. The highest BCUT2D eigenvalue weighted by molar-refractivity contribution is 6.15. The van der Waals surface area contributed by atoms with Crippen molar-refractivity contribution in [1.29, 1.82) is 0 Å². The van der Waals surface area contributed by atoms with Crippen LogP contribution in [0, 0.1) is 6.92 Å². The summed E-state index contributed by atoms with van der Waals surface area (Å²) in [5.41, 5.74) is 4.48. The van der Waals surface area contributed by atoms with Crippen molar-refractivity contribution in [2.45, 2.75) is 6.92 Å². The second-order valence-electron chi connectivity index (χ2n) is 8.72. The quantitative estimate of drug-likeness (QED) is 0.445. The van der Waals surface area contributed by atoms with Gasteiger partial charge in [0.25, 0.3) is 11.8 Å². The molecule has 2 heterocycles. The van der Waals surface area contributed by atoms with Crippen molar-refractivity contribution in [3.05, 3.63) is 89.6 Å². The molecule has 178 valence electrons. The van der Waals surface area contributed by atoms with E-state index in [4.69, 9.17) is 4.74 Å². The number of H-pyrrole nitrogens is 1. The highest BCUT2D eigenvalue weighted by Gasteiger charge is 2.27. The van der Waals surface area contributed by atoms with Crippen LogP contribution < -0.4 is 15.0 Å². The lowest BCUT2D eigenvalue weighted by Crippen LogP contribution is -2.49. The summed E-state index contributed by atoms with van der Waals surface area (Å²) in [4.78, 5) is 33.9. The van der Waals surface area contributed by atoms with E-state index in [1.54, 1.807) is 19.2 Å². The molecule has 0 bridgehead atoms. The first kappa shape index (κ1) is 22.5. The molecule has 3 aromatic carbocycles. The zero-order valence-corrected chi connectivity index (χ0v) is 19.9. The van der Waals surface area contributed by atoms with Gasteiger partial charge in [0.1, 0.15) is 11.4 Å². The Hall–Kier alpha value is -4.26. The Morgan fingerprint density at radius 2 is 1.57 bits per heavy atom. The predicted octanol–water partition coefficient (Wildman–Crippen LogP) is 4.70. The van der Waals surface area contributed by atoms with Gasteiger partial charge in [-0.3, -0.25) is 9.59 Å². The Balaban J connectivity index is 1.36. The minimum absolute atomic E-state index is 0.116. The van der Waals surface area contributed by atoms with Crippen LogP contribution in [0.2, 0.25) is 0 Å². The van der Waals surface area contributed by atoms with Gasteiger partial charge in [-0.2, -0.15) is 0 Å². The van der Waals surface area contributed by atoms with E-state index in [0.29, 0.717) is 30.0 Å². The summed E-state index contributed by atoms with van der Waals surface area (Å²) in [6.07, 6.45) is 0. The highest BCUT2D eigenvalue weighted by Crippen LogP contribution is 2.30. The lowest BCUT2D eigenvalue weighted by molar-refractivity contribution is 0.0743. The summed E-state index contributed by atoms with van der Waals surface area (Å²) >= 11 is 0. The fraction of sp³-hybridized carbons (Fsp3) is 0.214. The highest BCUT2D eigenvalue weighted by atomic mass is 16.5. The van der Waals surface area contributed by atoms with Crippen LogP contribution in [0.1, 0.15) is 26.4 Å². The van der Waals surface area contributed by atoms with Crippen LogP contribution in [0.5, 0.6) is 5.75 Å². The number of piperazine rings is 1. The predicted molar refractivity (Wildman–Crippen MR) is 139 cm³/mol.